The minimum Gasteiger partial charge on any atom is -0.489 e. The molecule has 0 amide bonds. The van der Waals surface area contributed by atoms with Crippen molar-refractivity contribution < 1.29 is 18.7 Å². The fourth-order valence-corrected chi connectivity index (χ4v) is 2.67. The molecule has 0 aliphatic heterocycles. The highest BCUT2D eigenvalue weighted by Gasteiger charge is 2.08. The van der Waals surface area contributed by atoms with Gasteiger partial charge in [-0.15, -0.1) is 0 Å². The van der Waals surface area contributed by atoms with E-state index in [2.05, 4.69) is 0 Å². The summed E-state index contributed by atoms with van der Waals surface area (Å²) in [6.45, 7) is 4.45. The molecular formula is C21H25FO3. The summed E-state index contributed by atoms with van der Waals surface area (Å²) in [6.07, 6.45) is 2.77. The Balaban J connectivity index is 1.86. The van der Waals surface area contributed by atoms with Gasteiger partial charge in [0.05, 0.1) is 6.61 Å². The lowest BCUT2D eigenvalue weighted by molar-refractivity contribution is -0.143. The Morgan fingerprint density at radius 2 is 1.84 bits per heavy atom. The quantitative estimate of drug-likeness (QED) is 0.610. The minimum atomic E-state index is -0.227. The lowest BCUT2D eigenvalue weighted by Crippen LogP contribution is -2.04. The molecule has 0 atom stereocenters. The molecule has 0 aromatic heterocycles. The molecule has 134 valence electrons. The van der Waals surface area contributed by atoms with Crippen molar-refractivity contribution in [3.63, 3.8) is 0 Å². The second-order valence-corrected chi connectivity index (χ2v) is 5.82. The number of carbonyl (C=O) groups excluding carboxylic acids is 1. The van der Waals surface area contributed by atoms with Gasteiger partial charge in [-0.1, -0.05) is 31.2 Å². The number of esters is 1. The molecule has 0 bridgehead atoms. The monoisotopic (exact) mass is 344 g/mol. The fourth-order valence-electron chi connectivity index (χ4n) is 2.67. The Kier molecular flexibility index (Phi) is 7.45. The number of ether oxygens (including phenoxy) is 2. The zero-order valence-corrected chi connectivity index (χ0v) is 14.9. The molecule has 0 radical (unpaired) electrons. The molecule has 0 aliphatic carbocycles. The van der Waals surface area contributed by atoms with Gasteiger partial charge >= 0.3 is 5.97 Å². The van der Waals surface area contributed by atoms with Crippen molar-refractivity contribution in [2.75, 3.05) is 6.61 Å². The SMILES string of the molecule is CCOC(=O)CCCc1ccc(OCc2c(F)cccc2CC)cc1. The van der Waals surface area contributed by atoms with Gasteiger partial charge < -0.3 is 9.47 Å². The Bertz CT molecular complexity index is 680. The molecule has 3 nitrogen and oxygen atoms in total. The van der Waals surface area contributed by atoms with Gasteiger partial charge in [0.25, 0.3) is 0 Å². The standard InChI is InChI=1S/C21H25FO3/c1-3-17-8-6-9-20(22)19(17)15-25-18-13-11-16(12-14-18)7-5-10-21(23)24-4-2/h6,8-9,11-14H,3-5,7,10,15H2,1-2H3. The van der Waals surface area contributed by atoms with Crippen molar-refractivity contribution in [2.24, 2.45) is 0 Å². The van der Waals surface area contributed by atoms with Gasteiger partial charge in [-0.25, -0.2) is 4.39 Å². The molecule has 0 saturated carbocycles. The van der Waals surface area contributed by atoms with Gasteiger partial charge in [-0.2, -0.15) is 0 Å². The first-order chi connectivity index (χ1) is 12.1. The van der Waals surface area contributed by atoms with Crippen LogP contribution in [-0.2, 0) is 29.0 Å². The summed E-state index contributed by atoms with van der Waals surface area (Å²) in [4.78, 5) is 11.3. The lowest BCUT2D eigenvalue weighted by atomic mass is 10.1. The van der Waals surface area contributed by atoms with Gasteiger partial charge in [0.2, 0.25) is 0 Å². The minimum absolute atomic E-state index is 0.154. The lowest BCUT2D eigenvalue weighted by Gasteiger charge is -2.11. The first kappa shape index (κ1) is 19.0. The average Bonchev–Trinajstić information content (AvgIpc) is 2.62. The van der Waals surface area contributed by atoms with Crippen LogP contribution in [0.3, 0.4) is 0 Å². The molecule has 2 aromatic carbocycles. The fraction of sp³-hybridized carbons (Fsp3) is 0.381. The molecule has 0 fully saturated rings. The summed E-state index contributed by atoms with van der Waals surface area (Å²) in [5.41, 5.74) is 2.72. The zero-order valence-electron chi connectivity index (χ0n) is 14.9. The molecule has 0 unspecified atom stereocenters. The molecule has 4 heteroatoms. The maximum absolute atomic E-state index is 13.9. The highest BCUT2D eigenvalue weighted by molar-refractivity contribution is 5.69. The number of hydrogen-bond acceptors (Lipinski definition) is 3. The molecule has 0 spiro atoms. The zero-order chi connectivity index (χ0) is 18.1. The molecule has 2 rings (SSSR count). The van der Waals surface area contributed by atoms with Crippen LogP contribution in [0.4, 0.5) is 4.39 Å². The van der Waals surface area contributed by atoms with Crippen molar-refractivity contribution in [2.45, 2.75) is 46.1 Å². The van der Waals surface area contributed by atoms with Gasteiger partial charge in [0.1, 0.15) is 18.2 Å². The highest BCUT2D eigenvalue weighted by atomic mass is 19.1. The molecular weight excluding hydrogens is 319 g/mol. The van der Waals surface area contributed by atoms with Crippen LogP contribution < -0.4 is 4.74 Å². The van der Waals surface area contributed by atoms with E-state index in [0.717, 1.165) is 30.4 Å². The maximum Gasteiger partial charge on any atom is 0.305 e. The van der Waals surface area contributed by atoms with Crippen LogP contribution in [0.5, 0.6) is 5.75 Å². The van der Waals surface area contributed by atoms with E-state index in [1.807, 2.05) is 37.3 Å². The number of rotatable bonds is 9. The number of carbonyl (C=O) groups is 1. The van der Waals surface area contributed by atoms with E-state index < -0.39 is 0 Å². The first-order valence-electron chi connectivity index (χ1n) is 8.77. The Morgan fingerprint density at radius 1 is 1.08 bits per heavy atom. The third-order valence-electron chi connectivity index (χ3n) is 4.05. The molecule has 0 saturated heterocycles. The summed E-state index contributed by atoms with van der Waals surface area (Å²) in [6, 6.07) is 12.8. The van der Waals surface area contributed by atoms with Crippen LogP contribution in [0.2, 0.25) is 0 Å². The van der Waals surface area contributed by atoms with Crippen LogP contribution in [0, 0.1) is 5.82 Å². The summed E-state index contributed by atoms with van der Waals surface area (Å²) in [7, 11) is 0. The van der Waals surface area contributed by atoms with Crippen LogP contribution >= 0.6 is 0 Å². The Morgan fingerprint density at radius 3 is 2.52 bits per heavy atom. The summed E-state index contributed by atoms with van der Waals surface area (Å²) in [5, 5.41) is 0. The van der Waals surface area contributed by atoms with Crippen LogP contribution in [-0.4, -0.2) is 12.6 Å². The number of aryl methyl sites for hydroxylation is 2. The van der Waals surface area contributed by atoms with Crippen LogP contribution in [0.25, 0.3) is 0 Å². The summed E-state index contributed by atoms with van der Waals surface area (Å²) < 4.78 is 24.6. The average molecular weight is 344 g/mol. The topological polar surface area (TPSA) is 35.5 Å². The molecule has 0 aliphatic rings. The number of benzene rings is 2. The Labute approximate surface area is 148 Å². The molecule has 25 heavy (non-hydrogen) atoms. The number of hydrogen-bond donors (Lipinski definition) is 0. The second-order valence-electron chi connectivity index (χ2n) is 5.82. The summed E-state index contributed by atoms with van der Waals surface area (Å²) in [5.74, 6) is 0.327. The van der Waals surface area contributed by atoms with E-state index in [9.17, 15) is 9.18 Å². The highest BCUT2D eigenvalue weighted by Crippen LogP contribution is 2.19. The predicted octanol–water partition coefficient (Wildman–Crippen LogP) is 4.85. The van der Waals surface area contributed by atoms with Crippen molar-refractivity contribution in [3.8, 4) is 5.75 Å². The van der Waals surface area contributed by atoms with Crippen molar-refractivity contribution >= 4 is 5.97 Å². The van der Waals surface area contributed by atoms with Gasteiger partial charge in [-0.3, -0.25) is 4.79 Å². The van der Waals surface area contributed by atoms with Crippen molar-refractivity contribution in [3.05, 3.63) is 65.0 Å². The largest absolute Gasteiger partial charge is 0.489 e. The molecule has 0 N–H and O–H groups in total. The normalized spacial score (nSPS) is 10.5. The second kappa shape index (κ2) is 9.82. The maximum atomic E-state index is 13.9. The van der Waals surface area contributed by atoms with Crippen molar-refractivity contribution in [1.29, 1.82) is 0 Å². The third-order valence-corrected chi connectivity index (χ3v) is 4.05. The first-order valence-corrected chi connectivity index (χ1v) is 8.77. The molecule has 2 aromatic rings. The predicted molar refractivity (Wildman–Crippen MR) is 96.1 cm³/mol. The van der Waals surface area contributed by atoms with E-state index >= 15 is 0 Å². The van der Waals surface area contributed by atoms with E-state index in [4.69, 9.17) is 9.47 Å². The van der Waals surface area contributed by atoms with E-state index in [-0.39, 0.29) is 18.4 Å². The van der Waals surface area contributed by atoms with Crippen molar-refractivity contribution in [1.82, 2.24) is 0 Å². The van der Waals surface area contributed by atoms with Gasteiger partial charge in [-0.05, 0) is 55.5 Å². The van der Waals surface area contributed by atoms with E-state index in [1.165, 1.54) is 6.07 Å². The van der Waals surface area contributed by atoms with E-state index in [1.54, 1.807) is 13.0 Å². The van der Waals surface area contributed by atoms with Gasteiger partial charge in [0.15, 0.2) is 0 Å². The van der Waals surface area contributed by atoms with E-state index in [0.29, 0.717) is 24.3 Å². The van der Waals surface area contributed by atoms with Crippen LogP contribution in [0.15, 0.2) is 42.5 Å². The summed E-state index contributed by atoms with van der Waals surface area (Å²) >= 11 is 0. The smallest absolute Gasteiger partial charge is 0.305 e. The Hall–Kier alpha value is -2.36. The number of halogens is 1. The van der Waals surface area contributed by atoms with Gasteiger partial charge in [0, 0.05) is 12.0 Å². The van der Waals surface area contributed by atoms with Crippen LogP contribution in [0.1, 0.15) is 43.4 Å². The third kappa shape index (κ3) is 5.89. The molecule has 0 heterocycles.